The number of carbonyl (C=O) groups excluding carboxylic acids is 1. The van der Waals surface area contributed by atoms with E-state index in [1.165, 1.54) is 19.3 Å². The van der Waals surface area contributed by atoms with Crippen LogP contribution in [0.25, 0.3) is 0 Å². The molecule has 0 N–H and O–H groups in total. The van der Waals surface area contributed by atoms with Gasteiger partial charge in [-0.1, -0.05) is 6.42 Å². The van der Waals surface area contributed by atoms with Crippen LogP contribution in [0.5, 0.6) is 0 Å². The van der Waals surface area contributed by atoms with Gasteiger partial charge in [0.15, 0.2) is 11.0 Å². The minimum atomic E-state index is -1.30. The molecule has 5 rings (SSSR count). The summed E-state index contributed by atoms with van der Waals surface area (Å²) in [6.45, 7) is 5.41. The molecule has 1 aromatic rings. The Labute approximate surface area is 168 Å². The zero-order valence-electron chi connectivity index (χ0n) is 16.3. The van der Waals surface area contributed by atoms with Crippen molar-refractivity contribution < 1.29 is 9.00 Å². The van der Waals surface area contributed by atoms with E-state index in [0.717, 1.165) is 54.3 Å². The number of fused-ring (bicyclic) bond motifs is 1. The number of anilines is 1. The number of piperazine rings is 1. The van der Waals surface area contributed by atoms with Gasteiger partial charge in [0.1, 0.15) is 0 Å². The summed E-state index contributed by atoms with van der Waals surface area (Å²) in [4.78, 5) is 23.9. The molecule has 1 aromatic carbocycles. The van der Waals surface area contributed by atoms with E-state index in [9.17, 15) is 9.00 Å². The van der Waals surface area contributed by atoms with Crippen LogP contribution in [0.2, 0.25) is 0 Å². The molecule has 2 fully saturated rings. The minimum absolute atomic E-state index is 0.0886. The third kappa shape index (κ3) is 3.03. The molecule has 1 atom stereocenters. The molecular formula is C20H27N5O2S. The molecule has 4 aliphatic rings. The average molecular weight is 402 g/mol. The Morgan fingerprint density at radius 3 is 2.61 bits per heavy atom. The van der Waals surface area contributed by atoms with Crippen molar-refractivity contribution in [3.8, 4) is 0 Å². The van der Waals surface area contributed by atoms with Gasteiger partial charge in [0.05, 0.1) is 24.4 Å². The lowest BCUT2D eigenvalue weighted by atomic mass is 9.91. The van der Waals surface area contributed by atoms with Crippen molar-refractivity contribution in [1.29, 1.82) is 0 Å². The molecule has 28 heavy (non-hydrogen) atoms. The van der Waals surface area contributed by atoms with E-state index in [1.54, 1.807) is 11.9 Å². The smallest absolute Gasteiger partial charge is 0.231 e. The van der Waals surface area contributed by atoms with Gasteiger partial charge in [0, 0.05) is 45.0 Å². The first-order valence-electron chi connectivity index (χ1n) is 10.2. The van der Waals surface area contributed by atoms with Gasteiger partial charge < -0.3 is 9.80 Å². The summed E-state index contributed by atoms with van der Waals surface area (Å²) in [6.07, 6.45) is 4.44. The molecule has 3 heterocycles. The highest BCUT2D eigenvalue weighted by Gasteiger charge is 2.34. The standard InChI is InChI=1S/C20H27N5O2S/c1-22-18-6-5-17(13-15(18)14-19(22)26)28(27)25-8-7-21-20(25)24-11-9-23(10-12-24)16-3-2-4-16/h5-6,13,16H,2-4,7-12,14H2,1H3. The predicted molar refractivity (Wildman–Crippen MR) is 110 cm³/mol. The number of likely N-dealkylation sites (N-methyl/N-ethyl adjacent to an activating group) is 1. The van der Waals surface area contributed by atoms with Crippen LogP contribution in [0.3, 0.4) is 0 Å². The Morgan fingerprint density at radius 1 is 1.11 bits per heavy atom. The van der Waals surface area contributed by atoms with Crippen molar-refractivity contribution in [2.24, 2.45) is 4.99 Å². The van der Waals surface area contributed by atoms with Crippen LogP contribution in [0.15, 0.2) is 28.1 Å². The highest BCUT2D eigenvalue weighted by molar-refractivity contribution is 7.83. The Balaban J connectivity index is 1.28. The van der Waals surface area contributed by atoms with Crippen molar-refractivity contribution in [2.75, 3.05) is 51.2 Å². The van der Waals surface area contributed by atoms with Crippen molar-refractivity contribution in [3.05, 3.63) is 23.8 Å². The van der Waals surface area contributed by atoms with Crippen LogP contribution in [0, 0.1) is 0 Å². The summed E-state index contributed by atoms with van der Waals surface area (Å²) in [5, 5.41) is 0. The van der Waals surface area contributed by atoms with E-state index >= 15 is 0 Å². The molecule has 1 saturated carbocycles. The number of benzene rings is 1. The van der Waals surface area contributed by atoms with Crippen molar-refractivity contribution in [1.82, 2.24) is 14.1 Å². The molecule has 1 saturated heterocycles. The topological polar surface area (TPSA) is 59.5 Å². The number of aliphatic imine (C=N–C) groups is 1. The molecule has 3 aliphatic heterocycles. The molecule has 0 aromatic heterocycles. The maximum Gasteiger partial charge on any atom is 0.231 e. The van der Waals surface area contributed by atoms with E-state index < -0.39 is 11.0 Å². The summed E-state index contributed by atoms with van der Waals surface area (Å²) in [6, 6.07) is 6.51. The van der Waals surface area contributed by atoms with E-state index in [1.807, 2.05) is 22.5 Å². The predicted octanol–water partition coefficient (Wildman–Crippen LogP) is 1.07. The third-order valence-electron chi connectivity index (χ3n) is 6.50. The summed E-state index contributed by atoms with van der Waals surface area (Å²) < 4.78 is 15.2. The lowest BCUT2D eigenvalue weighted by Crippen LogP contribution is -2.55. The van der Waals surface area contributed by atoms with E-state index in [-0.39, 0.29) is 5.91 Å². The maximum absolute atomic E-state index is 13.3. The molecule has 8 heteroatoms. The molecule has 1 aliphatic carbocycles. The van der Waals surface area contributed by atoms with E-state index in [0.29, 0.717) is 19.5 Å². The van der Waals surface area contributed by atoms with Gasteiger partial charge in [0.2, 0.25) is 11.9 Å². The lowest BCUT2D eigenvalue weighted by molar-refractivity contribution is -0.117. The number of nitrogens with zero attached hydrogens (tertiary/aromatic N) is 5. The Bertz CT molecular complexity index is 845. The number of rotatable bonds is 3. The van der Waals surface area contributed by atoms with Crippen LogP contribution in [-0.4, -0.2) is 82.5 Å². The van der Waals surface area contributed by atoms with Crippen molar-refractivity contribution >= 4 is 28.5 Å². The number of amides is 1. The van der Waals surface area contributed by atoms with Crippen LogP contribution >= 0.6 is 0 Å². The fourth-order valence-electron chi connectivity index (χ4n) is 4.56. The Morgan fingerprint density at radius 2 is 1.89 bits per heavy atom. The van der Waals surface area contributed by atoms with Crippen molar-refractivity contribution in [2.45, 2.75) is 36.6 Å². The highest BCUT2D eigenvalue weighted by atomic mass is 32.2. The first-order valence-corrected chi connectivity index (χ1v) is 11.3. The van der Waals surface area contributed by atoms with Gasteiger partial charge in [-0.3, -0.25) is 19.0 Å². The van der Waals surface area contributed by atoms with Gasteiger partial charge >= 0.3 is 0 Å². The second-order valence-electron chi connectivity index (χ2n) is 8.06. The molecule has 0 radical (unpaired) electrons. The third-order valence-corrected chi connectivity index (χ3v) is 7.90. The van der Waals surface area contributed by atoms with Gasteiger partial charge in [-0.15, -0.1) is 0 Å². The molecule has 1 unspecified atom stereocenters. The van der Waals surface area contributed by atoms with E-state index in [2.05, 4.69) is 14.8 Å². The number of guanidine groups is 1. The molecule has 150 valence electrons. The quantitative estimate of drug-likeness (QED) is 0.760. The molecule has 1 amide bonds. The summed E-state index contributed by atoms with van der Waals surface area (Å²) in [5.41, 5.74) is 1.89. The lowest BCUT2D eigenvalue weighted by Gasteiger charge is -2.44. The monoisotopic (exact) mass is 401 g/mol. The average Bonchev–Trinajstić information content (AvgIpc) is 3.25. The van der Waals surface area contributed by atoms with Crippen LogP contribution in [0.1, 0.15) is 24.8 Å². The van der Waals surface area contributed by atoms with E-state index in [4.69, 9.17) is 0 Å². The minimum Gasteiger partial charge on any atom is -0.339 e. The number of hydrogen-bond donors (Lipinski definition) is 0. The van der Waals surface area contributed by atoms with Crippen LogP contribution in [-0.2, 0) is 22.2 Å². The summed E-state index contributed by atoms with van der Waals surface area (Å²) in [7, 11) is 0.495. The molecule has 7 nitrogen and oxygen atoms in total. The van der Waals surface area contributed by atoms with Gasteiger partial charge in [-0.2, -0.15) is 0 Å². The zero-order chi connectivity index (χ0) is 19.3. The zero-order valence-corrected chi connectivity index (χ0v) is 17.2. The fraction of sp³-hybridized carbons (Fsp3) is 0.600. The van der Waals surface area contributed by atoms with Crippen LogP contribution in [0.4, 0.5) is 5.69 Å². The first-order chi connectivity index (χ1) is 13.6. The Kier molecular flexibility index (Phi) is 4.63. The van der Waals surface area contributed by atoms with Gasteiger partial charge in [-0.05, 0) is 36.6 Å². The Hall–Kier alpha value is -1.93. The molecular weight excluding hydrogens is 374 g/mol. The first kappa shape index (κ1) is 18.1. The normalized spacial score (nSPS) is 24.4. The molecule has 0 spiro atoms. The number of carbonyl (C=O) groups is 1. The largest absolute Gasteiger partial charge is 0.339 e. The highest BCUT2D eigenvalue weighted by Crippen LogP contribution is 2.30. The van der Waals surface area contributed by atoms with Gasteiger partial charge in [-0.25, -0.2) is 4.21 Å². The maximum atomic E-state index is 13.3. The second-order valence-corrected chi connectivity index (χ2v) is 9.47. The summed E-state index contributed by atoms with van der Waals surface area (Å²) >= 11 is 0. The SMILES string of the molecule is CN1C(=O)Cc2cc(S(=O)N3CCN=C3N3CCN(C4CCC4)CC3)ccc21. The molecule has 0 bridgehead atoms. The fourth-order valence-corrected chi connectivity index (χ4v) is 5.81. The van der Waals surface area contributed by atoms with Crippen molar-refractivity contribution in [3.63, 3.8) is 0 Å². The van der Waals surface area contributed by atoms with Gasteiger partial charge in [0.25, 0.3) is 0 Å². The van der Waals surface area contributed by atoms with Crippen LogP contribution < -0.4 is 4.90 Å². The summed E-state index contributed by atoms with van der Waals surface area (Å²) in [5.74, 6) is 0.964. The number of hydrogen-bond acceptors (Lipinski definition) is 5. The second kappa shape index (κ2) is 7.15.